The zero-order valence-corrected chi connectivity index (χ0v) is 12.7. The van der Waals surface area contributed by atoms with Crippen molar-refractivity contribution in [1.82, 2.24) is 19.5 Å². The Kier molecular flexibility index (Phi) is 3.18. The lowest BCUT2D eigenvalue weighted by Crippen LogP contribution is -2.32. The molecular weight excluding hydrogens is 282 g/mol. The number of imidazole rings is 1. The minimum Gasteiger partial charge on any atom is -0.391 e. The molecule has 4 rings (SSSR count). The highest BCUT2D eigenvalue weighted by atomic mass is 16.3. The monoisotopic (exact) mass is 303 g/mol. The summed E-state index contributed by atoms with van der Waals surface area (Å²) in [5, 5.41) is 13.1. The fraction of sp³-hybridized carbons (Fsp3) is 0.667. The van der Waals surface area contributed by atoms with E-state index in [2.05, 4.69) is 20.3 Å². The molecule has 2 heterocycles. The first-order valence-corrected chi connectivity index (χ1v) is 8.02. The zero-order valence-electron chi connectivity index (χ0n) is 12.7. The highest BCUT2D eigenvalue weighted by Gasteiger charge is 2.27. The topological polar surface area (TPSA) is 95.8 Å². The highest BCUT2D eigenvalue weighted by Crippen LogP contribution is 2.32. The Hall–Kier alpha value is -1.89. The molecule has 0 aromatic carbocycles. The number of nitrogens with zero attached hydrogens (tertiary/aromatic N) is 3. The quantitative estimate of drug-likeness (QED) is 0.781. The number of aromatic amines is 1. The molecule has 2 saturated carbocycles. The molecule has 0 radical (unpaired) electrons. The van der Waals surface area contributed by atoms with Crippen LogP contribution in [0.3, 0.4) is 0 Å². The Morgan fingerprint density at radius 2 is 2.14 bits per heavy atom. The molecule has 0 saturated heterocycles. The maximum absolute atomic E-state index is 12.5. The fourth-order valence-corrected chi connectivity index (χ4v) is 3.18. The van der Waals surface area contributed by atoms with Gasteiger partial charge >= 0.3 is 0 Å². The lowest BCUT2D eigenvalue weighted by atomic mass is 10.2. The van der Waals surface area contributed by atoms with Crippen LogP contribution < -0.4 is 10.9 Å². The summed E-state index contributed by atoms with van der Waals surface area (Å²) in [5.41, 5.74) is 0.805. The van der Waals surface area contributed by atoms with Crippen LogP contribution in [0.4, 0.5) is 5.95 Å². The van der Waals surface area contributed by atoms with Gasteiger partial charge in [0.25, 0.3) is 5.56 Å². The number of aliphatic hydroxyl groups excluding tert-OH is 1. The van der Waals surface area contributed by atoms with Gasteiger partial charge in [0.2, 0.25) is 5.95 Å². The van der Waals surface area contributed by atoms with Crippen molar-refractivity contribution in [2.24, 2.45) is 13.0 Å². The number of anilines is 1. The van der Waals surface area contributed by atoms with Crippen LogP contribution in [0, 0.1) is 5.92 Å². The molecule has 2 aliphatic rings. The van der Waals surface area contributed by atoms with Gasteiger partial charge in [-0.1, -0.05) is 0 Å². The molecule has 0 aliphatic heterocycles. The summed E-state index contributed by atoms with van der Waals surface area (Å²) in [6, 6.07) is -0.0413. The van der Waals surface area contributed by atoms with Gasteiger partial charge in [0.05, 0.1) is 12.1 Å². The second-order valence-electron chi connectivity index (χ2n) is 6.58. The van der Waals surface area contributed by atoms with E-state index < -0.39 is 0 Å². The lowest BCUT2D eigenvalue weighted by molar-refractivity contribution is 0.171. The van der Waals surface area contributed by atoms with Gasteiger partial charge in [0, 0.05) is 13.5 Å². The van der Waals surface area contributed by atoms with E-state index in [1.165, 1.54) is 17.4 Å². The van der Waals surface area contributed by atoms with Crippen LogP contribution in [0.25, 0.3) is 11.2 Å². The summed E-state index contributed by atoms with van der Waals surface area (Å²) in [7, 11) is 1.69. The van der Waals surface area contributed by atoms with Crippen LogP contribution >= 0.6 is 0 Å². The molecule has 2 aromatic rings. The lowest BCUT2D eigenvalue weighted by Gasteiger charge is -2.18. The average molecular weight is 303 g/mol. The van der Waals surface area contributed by atoms with Crippen molar-refractivity contribution in [2.45, 2.75) is 50.7 Å². The molecule has 22 heavy (non-hydrogen) atoms. The predicted molar refractivity (Wildman–Crippen MR) is 82.8 cm³/mol. The van der Waals surface area contributed by atoms with Crippen molar-refractivity contribution in [2.75, 3.05) is 5.32 Å². The first-order chi connectivity index (χ1) is 10.6. The third-order valence-electron chi connectivity index (χ3n) is 4.75. The van der Waals surface area contributed by atoms with Crippen LogP contribution in [0.5, 0.6) is 0 Å². The second-order valence-corrected chi connectivity index (χ2v) is 6.58. The number of aromatic nitrogens is 4. The summed E-state index contributed by atoms with van der Waals surface area (Å²) in [5.74, 6) is 2.03. The average Bonchev–Trinajstić information content (AvgIpc) is 3.07. The van der Waals surface area contributed by atoms with E-state index in [9.17, 15) is 9.90 Å². The van der Waals surface area contributed by atoms with Crippen LogP contribution in [0.1, 0.15) is 37.9 Å². The maximum Gasteiger partial charge on any atom is 0.280 e. The Balaban J connectivity index is 1.68. The predicted octanol–water partition coefficient (Wildman–Crippen LogP) is 0.934. The number of hydrogen-bond acceptors (Lipinski definition) is 5. The van der Waals surface area contributed by atoms with Crippen molar-refractivity contribution in [3.8, 4) is 0 Å². The molecule has 0 bridgehead atoms. The Labute approximate surface area is 127 Å². The molecule has 0 unspecified atom stereocenters. The molecule has 2 aliphatic carbocycles. The van der Waals surface area contributed by atoms with E-state index in [-0.39, 0.29) is 17.7 Å². The van der Waals surface area contributed by atoms with Gasteiger partial charge in [0.1, 0.15) is 5.82 Å². The molecule has 7 nitrogen and oxygen atoms in total. The first-order valence-electron chi connectivity index (χ1n) is 8.02. The summed E-state index contributed by atoms with van der Waals surface area (Å²) < 4.78 is 1.49. The fourth-order valence-electron chi connectivity index (χ4n) is 3.18. The van der Waals surface area contributed by atoms with E-state index in [4.69, 9.17) is 0 Å². The van der Waals surface area contributed by atoms with Crippen LogP contribution in [0.2, 0.25) is 0 Å². The van der Waals surface area contributed by atoms with Crippen molar-refractivity contribution in [3.63, 3.8) is 0 Å². The number of aliphatic hydroxyl groups is 1. The third-order valence-corrected chi connectivity index (χ3v) is 4.75. The molecule has 118 valence electrons. The molecule has 0 amide bonds. The summed E-state index contributed by atoms with van der Waals surface area (Å²) in [6.45, 7) is 0. The van der Waals surface area contributed by atoms with E-state index in [1.54, 1.807) is 7.05 Å². The summed E-state index contributed by atoms with van der Waals surface area (Å²) in [4.78, 5) is 24.5. The van der Waals surface area contributed by atoms with Crippen molar-refractivity contribution >= 4 is 17.1 Å². The second kappa shape index (κ2) is 5.08. The number of nitrogens with one attached hydrogen (secondary N) is 2. The zero-order chi connectivity index (χ0) is 15.3. The first kappa shape index (κ1) is 13.8. The van der Waals surface area contributed by atoms with E-state index >= 15 is 0 Å². The van der Waals surface area contributed by atoms with Gasteiger partial charge in [-0.05, 0) is 38.0 Å². The minimum absolute atomic E-state index is 0.0413. The van der Waals surface area contributed by atoms with E-state index in [0.29, 0.717) is 23.0 Å². The smallest absolute Gasteiger partial charge is 0.280 e. The SMILES string of the molecule is Cn1c(N[C@@H]2CCC[C@H]2O)nc2nc(CC3CC3)[nH]c2c1=O. The molecule has 0 spiro atoms. The molecule has 2 aromatic heterocycles. The van der Waals surface area contributed by atoms with Gasteiger partial charge in [0.15, 0.2) is 11.2 Å². The van der Waals surface area contributed by atoms with Crippen molar-refractivity contribution in [3.05, 3.63) is 16.2 Å². The molecule has 3 N–H and O–H groups in total. The molecule has 7 heteroatoms. The Bertz CT molecular complexity index is 761. The number of hydrogen-bond donors (Lipinski definition) is 3. The maximum atomic E-state index is 12.5. The Morgan fingerprint density at radius 1 is 1.32 bits per heavy atom. The molecule has 2 fully saturated rings. The third kappa shape index (κ3) is 2.39. The molecular formula is C15H21N5O2. The summed E-state index contributed by atoms with van der Waals surface area (Å²) >= 11 is 0. The van der Waals surface area contributed by atoms with Crippen LogP contribution in [0.15, 0.2) is 4.79 Å². The normalized spacial score (nSPS) is 25.0. The highest BCUT2D eigenvalue weighted by molar-refractivity contribution is 5.71. The van der Waals surface area contributed by atoms with Gasteiger partial charge in [-0.15, -0.1) is 0 Å². The van der Waals surface area contributed by atoms with E-state index in [1.807, 2.05) is 0 Å². The standard InChI is InChI=1S/C15H21N5O2/c1-20-14(22)12-13(18-11(17-12)7-8-5-6-8)19-15(20)16-9-3-2-4-10(9)21/h8-10,21H,2-7H2,1H3,(H,16,19)(H,17,18)/t9-,10-/m1/s1. The minimum atomic E-state index is -0.378. The van der Waals surface area contributed by atoms with Crippen molar-refractivity contribution < 1.29 is 5.11 Å². The van der Waals surface area contributed by atoms with Gasteiger partial charge in [-0.2, -0.15) is 4.98 Å². The number of H-pyrrole nitrogens is 1. The van der Waals surface area contributed by atoms with Gasteiger partial charge in [-0.25, -0.2) is 4.98 Å². The number of rotatable bonds is 4. The number of fused-ring (bicyclic) bond motifs is 1. The largest absolute Gasteiger partial charge is 0.391 e. The van der Waals surface area contributed by atoms with Gasteiger partial charge < -0.3 is 15.4 Å². The Morgan fingerprint density at radius 3 is 2.82 bits per heavy atom. The summed E-state index contributed by atoms with van der Waals surface area (Å²) in [6.07, 6.45) is 5.68. The van der Waals surface area contributed by atoms with Crippen LogP contribution in [-0.4, -0.2) is 36.8 Å². The van der Waals surface area contributed by atoms with E-state index in [0.717, 1.165) is 31.5 Å². The van der Waals surface area contributed by atoms with Crippen LogP contribution in [-0.2, 0) is 13.5 Å². The van der Waals surface area contributed by atoms with Gasteiger partial charge in [-0.3, -0.25) is 9.36 Å². The molecule has 2 atom stereocenters. The van der Waals surface area contributed by atoms with Crippen molar-refractivity contribution in [1.29, 1.82) is 0 Å².